The van der Waals surface area contributed by atoms with Crippen LogP contribution in [0.5, 0.6) is 0 Å². The minimum atomic E-state index is -0.591. The van der Waals surface area contributed by atoms with Crippen LogP contribution in [0.2, 0.25) is 0 Å². The van der Waals surface area contributed by atoms with Crippen LogP contribution in [0.15, 0.2) is 71.2 Å². The summed E-state index contributed by atoms with van der Waals surface area (Å²) in [7, 11) is 0. The maximum absolute atomic E-state index is 12.8. The highest BCUT2D eigenvalue weighted by molar-refractivity contribution is 9.10. The lowest BCUT2D eigenvalue weighted by atomic mass is 9.96. The number of hydrogen-bond donors (Lipinski definition) is 1. The monoisotopic (exact) mass is 620 g/mol. The minimum absolute atomic E-state index is 0.0775. The Balaban J connectivity index is 1.30. The lowest BCUT2D eigenvalue weighted by Gasteiger charge is -2.28. The van der Waals surface area contributed by atoms with Crippen LogP contribution in [0.3, 0.4) is 0 Å². The SMILES string of the molecule is CCN(Cc1cc(C(=O)OCCOC(=O)C(C)c2cccc(C(=O)c3ccccc3)c2)cc(Br)c1N)C1CCCC1. The zero-order valence-corrected chi connectivity index (χ0v) is 25.2. The smallest absolute Gasteiger partial charge is 0.338 e. The van der Waals surface area contributed by atoms with Gasteiger partial charge in [0.1, 0.15) is 13.2 Å². The van der Waals surface area contributed by atoms with Crippen molar-refractivity contribution in [1.82, 2.24) is 4.90 Å². The van der Waals surface area contributed by atoms with Crippen LogP contribution >= 0.6 is 15.9 Å². The third kappa shape index (κ3) is 7.83. The summed E-state index contributed by atoms with van der Waals surface area (Å²) in [6.45, 7) is 5.29. The van der Waals surface area contributed by atoms with Crippen LogP contribution in [-0.2, 0) is 20.8 Å². The third-order valence-electron chi connectivity index (χ3n) is 7.67. The third-order valence-corrected chi connectivity index (χ3v) is 8.33. The normalized spacial score (nSPS) is 14.1. The van der Waals surface area contributed by atoms with Crippen LogP contribution < -0.4 is 5.73 Å². The molecule has 3 aromatic carbocycles. The highest BCUT2D eigenvalue weighted by Crippen LogP contribution is 2.30. The van der Waals surface area contributed by atoms with Gasteiger partial charge in [-0.2, -0.15) is 0 Å². The van der Waals surface area contributed by atoms with Gasteiger partial charge in [-0.15, -0.1) is 0 Å². The average molecular weight is 622 g/mol. The van der Waals surface area contributed by atoms with Crippen molar-refractivity contribution in [2.75, 3.05) is 25.5 Å². The number of hydrogen-bond acceptors (Lipinski definition) is 7. The zero-order valence-electron chi connectivity index (χ0n) is 23.6. The van der Waals surface area contributed by atoms with Crippen molar-refractivity contribution in [3.05, 3.63) is 99.0 Å². The number of ether oxygens (including phenoxy) is 2. The number of nitrogens with zero attached hydrogens (tertiary/aromatic N) is 1. The van der Waals surface area contributed by atoms with E-state index in [1.807, 2.05) is 18.2 Å². The molecule has 0 spiro atoms. The molecule has 0 saturated heterocycles. The van der Waals surface area contributed by atoms with Gasteiger partial charge in [-0.1, -0.05) is 68.3 Å². The van der Waals surface area contributed by atoms with E-state index in [0.717, 1.165) is 12.1 Å². The molecule has 41 heavy (non-hydrogen) atoms. The van der Waals surface area contributed by atoms with Crippen molar-refractivity contribution in [2.24, 2.45) is 0 Å². The van der Waals surface area contributed by atoms with Crippen molar-refractivity contribution in [3.63, 3.8) is 0 Å². The second-order valence-electron chi connectivity index (χ2n) is 10.4. The number of carbonyl (C=O) groups excluding carboxylic acids is 3. The fourth-order valence-electron chi connectivity index (χ4n) is 5.24. The molecule has 1 saturated carbocycles. The molecule has 0 radical (unpaired) electrons. The van der Waals surface area contributed by atoms with Gasteiger partial charge in [0.25, 0.3) is 0 Å². The van der Waals surface area contributed by atoms with E-state index in [0.29, 0.717) is 45.0 Å². The van der Waals surface area contributed by atoms with Gasteiger partial charge in [0.15, 0.2) is 5.78 Å². The quantitative estimate of drug-likeness (QED) is 0.106. The Morgan fingerprint density at radius 3 is 2.32 bits per heavy atom. The molecule has 216 valence electrons. The Morgan fingerprint density at radius 2 is 1.61 bits per heavy atom. The number of nitrogen functional groups attached to an aromatic ring is 1. The fourth-order valence-corrected chi connectivity index (χ4v) is 5.74. The van der Waals surface area contributed by atoms with Crippen molar-refractivity contribution < 1.29 is 23.9 Å². The first kappa shape index (κ1) is 30.5. The summed E-state index contributed by atoms with van der Waals surface area (Å²) in [5.74, 6) is -1.67. The van der Waals surface area contributed by atoms with Crippen LogP contribution in [0.4, 0.5) is 5.69 Å². The molecule has 2 N–H and O–H groups in total. The number of halogens is 1. The number of rotatable bonds is 12. The molecule has 0 amide bonds. The molecule has 7 nitrogen and oxygen atoms in total. The summed E-state index contributed by atoms with van der Waals surface area (Å²) in [4.78, 5) is 40.7. The van der Waals surface area contributed by atoms with Crippen LogP contribution in [-0.4, -0.2) is 48.4 Å². The van der Waals surface area contributed by atoms with E-state index < -0.39 is 17.9 Å². The largest absolute Gasteiger partial charge is 0.462 e. The first-order valence-electron chi connectivity index (χ1n) is 14.1. The second-order valence-corrected chi connectivity index (χ2v) is 11.2. The molecule has 0 aliphatic heterocycles. The van der Waals surface area contributed by atoms with Crippen LogP contribution in [0, 0.1) is 0 Å². The van der Waals surface area contributed by atoms with Gasteiger partial charge in [-0.25, -0.2) is 4.79 Å². The number of esters is 2. The summed E-state index contributed by atoms with van der Waals surface area (Å²) in [5.41, 5.74) is 9.99. The summed E-state index contributed by atoms with van der Waals surface area (Å²) in [5, 5.41) is 0. The minimum Gasteiger partial charge on any atom is -0.462 e. The Hall–Kier alpha value is -3.49. The molecule has 0 bridgehead atoms. The van der Waals surface area contributed by atoms with Crippen molar-refractivity contribution >= 4 is 39.3 Å². The van der Waals surface area contributed by atoms with E-state index >= 15 is 0 Å². The second kappa shape index (κ2) is 14.4. The van der Waals surface area contributed by atoms with Gasteiger partial charge >= 0.3 is 11.9 Å². The number of carbonyl (C=O) groups is 3. The maximum Gasteiger partial charge on any atom is 0.338 e. The molecule has 8 heteroatoms. The predicted molar refractivity (Wildman–Crippen MR) is 163 cm³/mol. The first-order chi connectivity index (χ1) is 19.8. The van der Waals surface area contributed by atoms with E-state index in [1.54, 1.807) is 55.5 Å². The number of anilines is 1. The van der Waals surface area contributed by atoms with Crippen LogP contribution in [0.1, 0.15) is 82.9 Å². The molecule has 1 fully saturated rings. The summed E-state index contributed by atoms with van der Waals surface area (Å²) < 4.78 is 11.4. The Bertz CT molecular complexity index is 1370. The summed E-state index contributed by atoms with van der Waals surface area (Å²) >= 11 is 3.49. The van der Waals surface area contributed by atoms with E-state index in [2.05, 4.69) is 27.8 Å². The molecule has 1 aliphatic rings. The first-order valence-corrected chi connectivity index (χ1v) is 14.9. The average Bonchev–Trinajstić information content (AvgIpc) is 3.54. The van der Waals surface area contributed by atoms with E-state index in [9.17, 15) is 14.4 Å². The molecule has 3 aromatic rings. The molecule has 0 heterocycles. The van der Waals surface area contributed by atoms with Gasteiger partial charge < -0.3 is 15.2 Å². The van der Waals surface area contributed by atoms with Crippen molar-refractivity contribution in [2.45, 2.75) is 58.0 Å². The predicted octanol–water partition coefficient (Wildman–Crippen LogP) is 6.53. The fraction of sp³-hybridized carbons (Fsp3) is 0.364. The number of ketones is 1. The Kier molecular flexibility index (Phi) is 10.7. The van der Waals surface area contributed by atoms with E-state index in [-0.39, 0.29) is 19.0 Å². The van der Waals surface area contributed by atoms with Crippen molar-refractivity contribution in [3.8, 4) is 0 Å². The van der Waals surface area contributed by atoms with E-state index in [1.165, 1.54) is 25.7 Å². The highest BCUT2D eigenvalue weighted by atomic mass is 79.9. The molecule has 0 aromatic heterocycles. The maximum atomic E-state index is 12.8. The van der Waals surface area contributed by atoms with Crippen molar-refractivity contribution in [1.29, 1.82) is 0 Å². The molecular formula is C33H37BrN2O5. The highest BCUT2D eigenvalue weighted by Gasteiger charge is 2.23. The van der Waals surface area contributed by atoms with Gasteiger partial charge in [-0.05, 0) is 71.6 Å². The molecule has 1 aliphatic carbocycles. The molecule has 1 unspecified atom stereocenters. The Labute approximate surface area is 250 Å². The number of benzene rings is 3. The summed E-state index contributed by atoms with van der Waals surface area (Å²) in [6, 6.07) is 20.0. The topological polar surface area (TPSA) is 98.9 Å². The lowest BCUT2D eigenvalue weighted by Crippen LogP contribution is -2.32. The standard InChI is InChI=1S/C33H37BrN2O5/c1-3-36(28-14-7-8-15-28)21-27-19-26(20-29(34)30(27)35)33(39)41-17-16-40-32(38)22(2)24-12-9-13-25(18-24)31(37)23-10-5-4-6-11-23/h4-6,9-13,18-20,22,28H,3,7-8,14-17,21,35H2,1-2H3. The number of nitrogens with two attached hydrogens (primary N) is 1. The summed E-state index contributed by atoms with van der Waals surface area (Å²) in [6.07, 6.45) is 4.86. The lowest BCUT2D eigenvalue weighted by molar-refractivity contribution is -0.146. The molecule has 4 rings (SSSR count). The Morgan fingerprint density at radius 1 is 0.927 bits per heavy atom. The van der Waals surface area contributed by atoms with Gasteiger partial charge in [-0.3, -0.25) is 14.5 Å². The van der Waals surface area contributed by atoms with Gasteiger partial charge in [0, 0.05) is 28.2 Å². The van der Waals surface area contributed by atoms with Gasteiger partial charge in [0.2, 0.25) is 0 Å². The van der Waals surface area contributed by atoms with Crippen LogP contribution in [0.25, 0.3) is 0 Å². The molecular weight excluding hydrogens is 584 g/mol. The zero-order chi connectivity index (χ0) is 29.4. The van der Waals surface area contributed by atoms with E-state index in [4.69, 9.17) is 15.2 Å². The van der Waals surface area contributed by atoms with Gasteiger partial charge in [0.05, 0.1) is 17.2 Å². The molecule has 1 atom stereocenters.